The molecule has 0 aliphatic rings. The van der Waals surface area contributed by atoms with E-state index in [4.69, 9.17) is 11.6 Å². The Kier molecular flexibility index (Phi) is 4.32. The summed E-state index contributed by atoms with van der Waals surface area (Å²) in [7, 11) is 0. The Morgan fingerprint density at radius 1 is 1.22 bits per heavy atom. The number of aromatic hydroxyl groups is 1. The van der Waals surface area contributed by atoms with Crippen molar-refractivity contribution in [2.24, 2.45) is 5.10 Å². The van der Waals surface area contributed by atoms with E-state index in [1.807, 2.05) is 24.3 Å². The number of phenols is 1. The third kappa shape index (κ3) is 3.21. The monoisotopic (exact) mass is 344 g/mol. The van der Waals surface area contributed by atoms with Gasteiger partial charge in [-0.2, -0.15) is 5.10 Å². The van der Waals surface area contributed by atoms with E-state index in [2.05, 4.69) is 10.5 Å². The van der Waals surface area contributed by atoms with Gasteiger partial charge in [-0.3, -0.25) is 4.79 Å². The fraction of sp³-hybridized carbons (Fsp3) is 0.0588. The fourth-order valence-corrected chi connectivity index (χ4v) is 3.55. The Bertz CT molecular complexity index is 918. The standard InChI is InChI=1S/C17H13ClN2O2S/c1-10(11-5-4-6-12(21)9-11)19-20-17(22)16-15(18)13-7-2-3-8-14(13)23-16/h2-9,21H,1H3,(H,20,22). The lowest BCUT2D eigenvalue weighted by molar-refractivity contribution is 0.0959. The molecule has 0 aliphatic carbocycles. The summed E-state index contributed by atoms with van der Waals surface area (Å²) in [5.74, 6) is -0.202. The number of phenolic OH excluding ortho intramolecular Hbond substituents is 1. The number of halogens is 1. The Morgan fingerprint density at radius 3 is 2.74 bits per heavy atom. The average Bonchev–Trinajstić information content (AvgIpc) is 2.90. The van der Waals surface area contributed by atoms with E-state index in [-0.39, 0.29) is 11.7 Å². The second kappa shape index (κ2) is 6.40. The second-order valence-electron chi connectivity index (χ2n) is 4.93. The van der Waals surface area contributed by atoms with Gasteiger partial charge in [-0.15, -0.1) is 11.3 Å². The first-order valence-electron chi connectivity index (χ1n) is 6.87. The summed E-state index contributed by atoms with van der Waals surface area (Å²) in [6.07, 6.45) is 0. The van der Waals surface area contributed by atoms with Crippen molar-refractivity contribution in [2.45, 2.75) is 6.92 Å². The number of benzene rings is 2. The highest BCUT2D eigenvalue weighted by molar-refractivity contribution is 7.21. The summed E-state index contributed by atoms with van der Waals surface area (Å²) in [4.78, 5) is 12.7. The van der Waals surface area contributed by atoms with Gasteiger partial charge in [0.1, 0.15) is 10.6 Å². The van der Waals surface area contributed by atoms with Gasteiger partial charge >= 0.3 is 0 Å². The van der Waals surface area contributed by atoms with Crippen LogP contribution in [0.4, 0.5) is 0 Å². The molecule has 1 amide bonds. The molecular weight excluding hydrogens is 332 g/mol. The van der Waals surface area contributed by atoms with Crippen molar-refractivity contribution in [2.75, 3.05) is 0 Å². The van der Waals surface area contributed by atoms with E-state index in [1.165, 1.54) is 11.3 Å². The molecule has 2 aromatic carbocycles. The largest absolute Gasteiger partial charge is 0.508 e. The number of hydrazone groups is 1. The van der Waals surface area contributed by atoms with Crippen molar-refractivity contribution in [1.82, 2.24) is 5.43 Å². The summed E-state index contributed by atoms with van der Waals surface area (Å²) in [6, 6.07) is 14.3. The van der Waals surface area contributed by atoms with Gasteiger partial charge in [0.05, 0.1) is 10.7 Å². The predicted molar refractivity (Wildman–Crippen MR) is 94.6 cm³/mol. The number of fused-ring (bicyclic) bond motifs is 1. The quantitative estimate of drug-likeness (QED) is 0.546. The molecule has 0 saturated heterocycles. The lowest BCUT2D eigenvalue weighted by atomic mass is 10.1. The fourth-order valence-electron chi connectivity index (χ4n) is 2.14. The van der Waals surface area contributed by atoms with E-state index in [0.717, 1.165) is 15.6 Å². The molecule has 0 fully saturated rings. The Hall–Kier alpha value is -2.37. The van der Waals surface area contributed by atoms with Gasteiger partial charge in [-0.1, -0.05) is 41.9 Å². The van der Waals surface area contributed by atoms with Crippen molar-refractivity contribution in [3.63, 3.8) is 0 Å². The lowest BCUT2D eigenvalue weighted by Crippen LogP contribution is -2.18. The van der Waals surface area contributed by atoms with Gasteiger partial charge in [-0.05, 0) is 25.1 Å². The predicted octanol–water partition coefficient (Wildman–Crippen LogP) is 4.41. The maximum Gasteiger partial charge on any atom is 0.283 e. The molecule has 2 N–H and O–H groups in total. The van der Waals surface area contributed by atoms with Crippen LogP contribution in [0.5, 0.6) is 5.75 Å². The van der Waals surface area contributed by atoms with Crippen LogP contribution in [0.3, 0.4) is 0 Å². The van der Waals surface area contributed by atoms with E-state index in [9.17, 15) is 9.90 Å². The minimum absolute atomic E-state index is 0.149. The minimum Gasteiger partial charge on any atom is -0.508 e. The van der Waals surface area contributed by atoms with Crippen LogP contribution in [-0.2, 0) is 0 Å². The molecule has 23 heavy (non-hydrogen) atoms. The maximum atomic E-state index is 12.3. The van der Waals surface area contributed by atoms with Gasteiger partial charge < -0.3 is 5.11 Å². The van der Waals surface area contributed by atoms with Crippen LogP contribution in [0.1, 0.15) is 22.2 Å². The normalized spacial score (nSPS) is 11.7. The van der Waals surface area contributed by atoms with Crippen LogP contribution in [-0.4, -0.2) is 16.7 Å². The molecule has 0 radical (unpaired) electrons. The molecular formula is C17H13ClN2O2S. The van der Waals surface area contributed by atoms with Gasteiger partial charge in [0.25, 0.3) is 5.91 Å². The van der Waals surface area contributed by atoms with Crippen LogP contribution in [0.15, 0.2) is 53.6 Å². The number of hydrogen-bond donors (Lipinski definition) is 2. The van der Waals surface area contributed by atoms with Crippen LogP contribution in [0.25, 0.3) is 10.1 Å². The van der Waals surface area contributed by atoms with Crippen LogP contribution in [0.2, 0.25) is 5.02 Å². The van der Waals surface area contributed by atoms with E-state index in [0.29, 0.717) is 15.6 Å². The zero-order valence-corrected chi connectivity index (χ0v) is 13.8. The zero-order valence-electron chi connectivity index (χ0n) is 12.2. The van der Waals surface area contributed by atoms with Crippen molar-refractivity contribution in [1.29, 1.82) is 0 Å². The summed E-state index contributed by atoms with van der Waals surface area (Å²) >= 11 is 7.60. The van der Waals surface area contributed by atoms with Crippen LogP contribution >= 0.6 is 22.9 Å². The van der Waals surface area contributed by atoms with Gasteiger partial charge in [-0.25, -0.2) is 5.43 Å². The molecule has 3 aromatic rings. The highest BCUT2D eigenvalue weighted by atomic mass is 35.5. The number of carbonyl (C=O) groups is 1. The van der Waals surface area contributed by atoms with Gasteiger partial charge in [0.15, 0.2) is 0 Å². The Balaban J connectivity index is 1.83. The second-order valence-corrected chi connectivity index (χ2v) is 6.36. The molecule has 0 unspecified atom stereocenters. The number of hydrogen-bond acceptors (Lipinski definition) is 4. The maximum absolute atomic E-state index is 12.3. The number of carbonyl (C=O) groups excluding carboxylic acids is 1. The van der Waals surface area contributed by atoms with Gasteiger partial charge in [0, 0.05) is 15.6 Å². The lowest BCUT2D eigenvalue weighted by Gasteiger charge is -2.03. The summed E-state index contributed by atoms with van der Waals surface area (Å²) in [5, 5.41) is 14.9. The molecule has 6 heteroatoms. The number of thiophene rings is 1. The zero-order chi connectivity index (χ0) is 16.4. The third-order valence-corrected chi connectivity index (χ3v) is 5.00. The molecule has 0 atom stereocenters. The molecule has 1 heterocycles. The van der Waals surface area contributed by atoms with Crippen molar-refractivity contribution in [3.05, 3.63) is 64.0 Å². The van der Waals surface area contributed by atoms with Crippen molar-refractivity contribution in [3.8, 4) is 5.75 Å². The Labute approximate surface area is 142 Å². The van der Waals surface area contributed by atoms with Crippen LogP contribution in [0, 0.1) is 0 Å². The van der Waals surface area contributed by atoms with E-state index in [1.54, 1.807) is 31.2 Å². The third-order valence-electron chi connectivity index (χ3n) is 3.33. The first-order valence-corrected chi connectivity index (χ1v) is 8.07. The smallest absolute Gasteiger partial charge is 0.283 e. The van der Waals surface area contributed by atoms with Crippen molar-refractivity contribution < 1.29 is 9.90 Å². The molecule has 0 aliphatic heterocycles. The number of rotatable bonds is 3. The first-order chi connectivity index (χ1) is 11.1. The molecule has 4 nitrogen and oxygen atoms in total. The molecule has 3 rings (SSSR count). The van der Waals surface area contributed by atoms with Crippen molar-refractivity contribution >= 4 is 44.6 Å². The molecule has 0 bridgehead atoms. The molecule has 0 saturated carbocycles. The van der Waals surface area contributed by atoms with Crippen LogP contribution < -0.4 is 5.43 Å². The summed E-state index contributed by atoms with van der Waals surface area (Å²) in [5.41, 5.74) is 3.83. The summed E-state index contributed by atoms with van der Waals surface area (Å²) < 4.78 is 0.955. The van der Waals surface area contributed by atoms with E-state index < -0.39 is 0 Å². The average molecular weight is 345 g/mol. The number of nitrogens with zero attached hydrogens (tertiary/aromatic N) is 1. The summed E-state index contributed by atoms with van der Waals surface area (Å²) in [6.45, 7) is 1.75. The van der Waals surface area contributed by atoms with Gasteiger partial charge in [0.2, 0.25) is 0 Å². The topological polar surface area (TPSA) is 61.7 Å². The SMILES string of the molecule is CC(=NNC(=O)c1sc2ccccc2c1Cl)c1cccc(O)c1. The van der Waals surface area contributed by atoms with E-state index >= 15 is 0 Å². The molecule has 116 valence electrons. The minimum atomic E-state index is -0.351. The Morgan fingerprint density at radius 2 is 2.00 bits per heavy atom. The number of amides is 1. The first kappa shape index (κ1) is 15.5. The molecule has 0 spiro atoms. The highest BCUT2D eigenvalue weighted by Crippen LogP contribution is 2.34. The number of nitrogens with one attached hydrogen (secondary N) is 1. The highest BCUT2D eigenvalue weighted by Gasteiger charge is 2.16. The molecule has 1 aromatic heterocycles.